The lowest BCUT2D eigenvalue weighted by Crippen LogP contribution is -2.15. The second kappa shape index (κ2) is 8.69. The van der Waals surface area contributed by atoms with Gasteiger partial charge >= 0.3 is 0 Å². The van der Waals surface area contributed by atoms with Crippen molar-refractivity contribution < 1.29 is 14.3 Å². The average molecular weight is 457 g/mol. The molecule has 4 aromatic rings. The average Bonchev–Trinajstić information content (AvgIpc) is 3.46. The van der Waals surface area contributed by atoms with Crippen molar-refractivity contribution in [3.8, 4) is 29.0 Å². The van der Waals surface area contributed by atoms with Crippen LogP contribution in [0.4, 0.5) is 5.82 Å². The van der Waals surface area contributed by atoms with Crippen LogP contribution in [0.15, 0.2) is 67.0 Å². The Morgan fingerprint density at radius 3 is 2.67 bits per heavy atom. The summed E-state index contributed by atoms with van der Waals surface area (Å²) >= 11 is 6.30. The highest BCUT2D eigenvalue weighted by Crippen LogP contribution is 2.34. The molecule has 0 bridgehead atoms. The molecule has 0 saturated carbocycles. The molecule has 0 fully saturated rings. The molecule has 33 heavy (non-hydrogen) atoms. The number of nitrogens with zero attached hydrogens (tertiary/aromatic N) is 3. The number of halogens is 1. The molecule has 2 aromatic heterocycles. The van der Waals surface area contributed by atoms with E-state index in [0.717, 1.165) is 16.7 Å². The zero-order valence-electron chi connectivity index (χ0n) is 17.5. The van der Waals surface area contributed by atoms with E-state index in [9.17, 15) is 4.79 Å². The minimum absolute atomic E-state index is 0.0866. The number of hydrogen-bond donors (Lipinski definition) is 1. The molecule has 162 valence electrons. The number of fused-ring (bicyclic) bond motifs is 1. The first-order valence-corrected chi connectivity index (χ1v) is 10.4. The topological polar surface area (TPSA) is 78.3 Å². The summed E-state index contributed by atoms with van der Waals surface area (Å²) in [5.74, 6) is 7.40. The number of benzene rings is 2. The Morgan fingerprint density at radius 1 is 1.06 bits per heavy atom. The van der Waals surface area contributed by atoms with Crippen LogP contribution in [0.5, 0.6) is 11.5 Å². The molecule has 1 aliphatic rings. The van der Waals surface area contributed by atoms with Crippen LogP contribution in [0.2, 0.25) is 5.02 Å². The molecule has 0 saturated heterocycles. The predicted octanol–water partition coefficient (Wildman–Crippen LogP) is 4.61. The Bertz CT molecular complexity index is 1420. The van der Waals surface area contributed by atoms with Gasteiger partial charge in [-0.2, -0.15) is 5.10 Å². The summed E-state index contributed by atoms with van der Waals surface area (Å²) in [4.78, 5) is 17.2. The lowest BCUT2D eigenvalue weighted by molar-refractivity contribution is 0.102. The van der Waals surface area contributed by atoms with Gasteiger partial charge in [-0.1, -0.05) is 41.6 Å². The van der Waals surface area contributed by atoms with Crippen LogP contribution in [0, 0.1) is 18.8 Å². The molecule has 3 heterocycles. The van der Waals surface area contributed by atoms with Crippen molar-refractivity contribution >= 4 is 23.3 Å². The van der Waals surface area contributed by atoms with Crippen molar-refractivity contribution in [2.24, 2.45) is 0 Å². The van der Waals surface area contributed by atoms with E-state index in [4.69, 9.17) is 21.1 Å². The summed E-state index contributed by atoms with van der Waals surface area (Å²) in [6.45, 7) is 2.03. The van der Waals surface area contributed by atoms with Crippen LogP contribution in [0.3, 0.4) is 0 Å². The van der Waals surface area contributed by atoms with Crippen LogP contribution >= 0.6 is 11.6 Å². The second-order valence-electron chi connectivity index (χ2n) is 7.27. The van der Waals surface area contributed by atoms with Gasteiger partial charge in [0.2, 0.25) is 6.79 Å². The summed E-state index contributed by atoms with van der Waals surface area (Å²) in [5, 5.41) is 7.33. The molecule has 7 nitrogen and oxygen atoms in total. The molecule has 0 atom stereocenters. The highest BCUT2D eigenvalue weighted by molar-refractivity contribution is 6.34. The number of aromatic nitrogens is 3. The van der Waals surface area contributed by atoms with Gasteiger partial charge in [0.05, 0.1) is 16.9 Å². The fourth-order valence-electron chi connectivity index (χ4n) is 3.27. The Labute approximate surface area is 194 Å². The van der Waals surface area contributed by atoms with Gasteiger partial charge < -0.3 is 14.8 Å². The van der Waals surface area contributed by atoms with Crippen LogP contribution in [-0.4, -0.2) is 27.5 Å². The quantitative estimate of drug-likeness (QED) is 0.455. The van der Waals surface area contributed by atoms with Crippen molar-refractivity contribution in [1.82, 2.24) is 14.8 Å². The molecule has 0 radical (unpaired) electrons. The lowest BCUT2D eigenvalue weighted by Gasteiger charge is -2.06. The summed E-state index contributed by atoms with van der Waals surface area (Å²) in [7, 11) is 0. The molecule has 0 spiro atoms. The Morgan fingerprint density at radius 2 is 1.85 bits per heavy atom. The summed E-state index contributed by atoms with van der Waals surface area (Å²) in [6, 6.07) is 16.9. The van der Waals surface area contributed by atoms with E-state index in [0.29, 0.717) is 23.0 Å². The normalized spacial score (nSPS) is 11.6. The number of hydrogen-bond acceptors (Lipinski definition) is 5. The standard InChI is InChI=1S/C25H17ClN4O3/c1-16-11-18(8-7-17-5-3-2-4-6-17)13-27-24(16)28-25(31)23-20(26)14-30(29-23)19-9-10-21-22(12-19)33-15-32-21/h2-6,9-14H,15H2,1H3,(H,27,28,31). The van der Waals surface area contributed by atoms with Gasteiger partial charge in [0.1, 0.15) is 5.82 Å². The second-order valence-corrected chi connectivity index (χ2v) is 7.67. The van der Waals surface area contributed by atoms with E-state index in [1.807, 2.05) is 43.3 Å². The third-order valence-electron chi connectivity index (χ3n) is 4.94. The van der Waals surface area contributed by atoms with Gasteiger partial charge in [0.15, 0.2) is 17.2 Å². The maximum Gasteiger partial charge on any atom is 0.278 e. The van der Waals surface area contributed by atoms with E-state index >= 15 is 0 Å². The monoisotopic (exact) mass is 456 g/mol. The van der Waals surface area contributed by atoms with E-state index in [2.05, 4.69) is 27.2 Å². The summed E-state index contributed by atoms with van der Waals surface area (Å²) < 4.78 is 12.2. The van der Waals surface area contributed by atoms with Crippen LogP contribution < -0.4 is 14.8 Å². The highest BCUT2D eigenvalue weighted by atomic mass is 35.5. The molecule has 5 rings (SSSR count). The number of carbonyl (C=O) groups is 1. The molecule has 2 aromatic carbocycles. The minimum Gasteiger partial charge on any atom is -0.454 e. The van der Waals surface area contributed by atoms with E-state index < -0.39 is 5.91 Å². The molecule has 1 aliphatic heterocycles. The van der Waals surface area contributed by atoms with Gasteiger partial charge in [-0.05, 0) is 42.8 Å². The van der Waals surface area contributed by atoms with Gasteiger partial charge in [0, 0.05) is 23.4 Å². The third-order valence-corrected chi connectivity index (χ3v) is 5.22. The van der Waals surface area contributed by atoms with Crippen molar-refractivity contribution in [1.29, 1.82) is 0 Å². The fraction of sp³-hybridized carbons (Fsp3) is 0.0800. The maximum atomic E-state index is 12.8. The number of rotatable bonds is 3. The SMILES string of the molecule is Cc1cc(C#Cc2ccccc2)cnc1NC(=O)c1nn(-c2ccc3c(c2)OCO3)cc1Cl. The fourth-order valence-corrected chi connectivity index (χ4v) is 3.49. The number of aryl methyl sites for hydroxylation is 1. The molecule has 1 amide bonds. The number of amides is 1. The van der Waals surface area contributed by atoms with Crippen molar-refractivity contribution in [2.45, 2.75) is 6.92 Å². The number of carbonyl (C=O) groups excluding carboxylic acids is 1. The zero-order valence-corrected chi connectivity index (χ0v) is 18.3. The molecule has 0 aliphatic carbocycles. The maximum absolute atomic E-state index is 12.8. The van der Waals surface area contributed by atoms with E-state index in [1.54, 1.807) is 30.6 Å². The Kier molecular flexibility index (Phi) is 5.43. The van der Waals surface area contributed by atoms with Crippen molar-refractivity contribution in [2.75, 3.05) is 12.1 Å². The number of nitrogens with one attached hydrogen (secondary N) is 1. The molecular weight excluding hydrogens is 440 g/mol. The van der Waals surface area contributed by atoms with Crippen LogP contribution in [0.25, 0.3) is 5.69 Å². The highest BCUT2D eigenvalue weighted by Gasteiger charge is 2.19. The van der Waals surface area contributed by atoms with Gasteiger partial charge in [-0.25, -0.2) is 9.67 Å². The lowest BCUT2D eigenvalue weighted by atomic mass is 10.1. The number of ether oxygens (including phenoxy) is 2. The van der Waals surface area contributed by atoms with Gasteiger partial charge in [-0.15, -0.1) is 0 Å². The minimum atomic E-state index is -0.460. The largest absolute Gasteiger partial charge is 0.454 e. The predicted molar refractivity (Wildman–Crippen MR) is 124 cm³/mol. The first kappa shape index (κ1) is 20.6. The number of pyridine rings is 1. The molecule has 8 heteroatoms. The van der Waals surface area contributed by atoms with Gasteiger partial charge in [0.25, 0.3) is 5.91 Å². The Balaban J connectivity index is 1.33. The van der Waals surface area contributed by atoms with Gasteiger partial charge in [-0.3, -0.25) is 4.79 Å². The number of anilines is 1. The van der Waals surface area contributed by atoms with Crippen LogP contribution in [0.1, 0.15) is 27.2 Å². The third kappa shape index (κ3) is 4.38. The first-order valence-electron chi connectivity index (χ1n) is 10.1. The first-order chi connectivity index (χ1) is 16.1. The van der Waals surface area contributed by atoms with E-state index in [-0.39, 0.29) is 17.5 Å². The van der Waals surface area contributed by atoms with E-state index in [1.165, 1.54) is 4.68 Å². The molecule has 0 unspecified atom stereocenters. The summed E-state index contributed by atoms with van der Waals surface area (Å²) in [6.07, 6.45) is 3.18. The van der Waals surface area contributed by atoms with Crippen molar-refractivity contribution in [3.63, 3.8) is 0 Å². The zero-order chi connectivity index (χ0) is 22.8. The van der Waals surface area contributed by atoms with Crippen LogP contribution in [-0.2, 0) is 0 Å². The Hall–Kier alpha value is -4.28. The molecule has 1 N–H and O–H groups in total. The van der Waals surface area contributed by atoms with Crippen molar-refractivity contribution in [3.05, 3.63) is 94.4 Å². The molecular formula is C25H17ClN4O3. The summed E-state index contributed by atoms with van der Waals surface area (Å²) in [5.41, 5.74) is 3.22. The smallest absolute Gasteiger partial charge is 0.278 e.